The predicted octanol–water partition coefficient (Wildman–Crippen LogP) is -0.194. The topological polar surface area (TPSA) is 283 Å². The van der Waals surface area contributed by atoms with Crippen LogP contribution in [0, 0.1) is 30.3 Å². The van der Waals surface area contributed by atoms with Crippen LogP contribution >= 0.6 is 0 Å². The summed E-state index contributed by atoms with van der Waals surface area (Å²) in [5.41, 5.74) is 2.67. The number of phenolic OH excluding ortho intramolecular Hbond substituents is 3. The van der Waals surface area contributed by atoms with Crippen LogP contribution in [0.3, 0.4) is 0 Å². The maximum atomic E-state index is 10.5. The lowest BCUT2D eigenvalue weighted by Crippen LogP contribution is -2.06. The zero-order chi connectivity index (χ0) is 20.2. The smallest absolute Gasteiger partial charge is 0.366 e. The molecule has 0 aliphatic heterocycles. The Labute approximate surface area is 140 Å². The van der Waals surface area contributed by atoms with E-state index in [0.29, 0.717) is 11.6 Å². The summed E-state index contributed by atoms with van der Waals surface area (Å²) in [6, 6.07) is 1.60. The average molecular weight is 374 g/mol. The molecule has 2 rings (SSSR count). The van der Waals surface area contributed by atoms with Crippen LogP contribution in [0.15, 0.2) is 6.07 Å². The Hall–Kier alpha value is -4.41. The van der Waals surface area contributed by atoms with E-state index in [2.05, 4.69) is 15.6 Å². The highest BCUT2D eigenvalue weighted by atomic mass is 16.6. The minimum absolute atomic E-state index is 0.498. The van der Waals surface area contributed by atoms with Gasteiger partial charge in [0.25, 0.3) is 17.2 Å². The fraction of sp³-hybridized carbons (Fsp3) is 0. The van der Waals surface area contributed by atoms with E-state index in [1.54, 1.807) is 6.07 Å². The zero-order valence-corrected chi connectivity index (χ0v) is 12.3. The third-order valence-corrected chi connectivity index (χ3v) is 2.64. The molecule has 0 radical (unpaired) electrons. The van der Waals surface area contributed by atoms with Gasteiger partial charge in [-0.15, -0.1) is 0 Å². The van der Waals surface area contributed by atoms with Gasteiger partial charge in [0.1, 0.15) is 5.82 Å². The van der Waals surface area contributed by atoms with Gasteiger partial charge in [-0.1, -0.05) is 0 Å². The molecule has 1 heterocycles. The summed E-state index contributed by atoms with van der Waals surface area (Å²) in [6.45, 7) is 0. The van der Waals surface area contributed by atoms with Crippen LogP contribution in [-0.4, -0.2) is 40.3 Å². The molecule has 0 unspecified atom stereocenters. The van der Waals surface area contributed by atoms with Crippen molar-refractivity contribution in [3.63, 3.8) is 0 Å². The number of phenols is 3. The Kier molecular flexibility index (Phi) is 5.62. The van der Waals surface area contributed by atoms with Crippen molar-refractivity contribution in [1.82, 2.24) is 10.2 Å². The van der Waals surface area contributed by atoms with Crippen molar-refractivity contribution in [3.8, 4) is 17.2 Å². The van der Waals surface area contributed by atoms with E-state index in [1.807, 2.05) is 0 Å². The summed E-state index contributed by atoms with van der Waals surface area (Å²) in [5, 5.41) is 65.1. The first-order valence-corrected chi connectivity index (χ1v) is 6.04. The molecule has 0 amide bonds. The Balaban J connectivity index is 0.000000350. The van der Waals surface area contributed by atoms with Gasteiger partial charge in [-0.05, 0) is 0 Å². The molecule has 2 aromatic rings. The van der Waals surface area contributed by atoms with E-state index in [0.717, 1.165) is 0 Å². The molecule has 0 atom stereocenters. The lowest BCUT2D eigenvalue weighted by atomic mass is 10.2. The first-order chi connectivity index (χ1) is 12.0. The van der Waals surface area contributed by atoms with E-state index in [4.69, 9.17) is 11.6 Å². The number of nitrogen functional groups attached to an aromatic ring is 2. The molecule has 0 aliphatic carbocycles. The summed E-state index contributed by atoms with van der Waals surface area (Å²) >= 11 is 0. The molecule has 1 aromatic heterocycles. The molecule has 9 N–H and O–H groups in total. The van der Waals surface area contributed by atoms with Crippen molar-refractivity contribution in [3.05, 3.63) is 36.4 Å². The predicted molar refractivity (Wildman–Crippen MR) is 82.2 cm³/mol. The summed E-state index contributed by atoms with van der Waals surface area (Å²) < 4.78 is 0. The number of nitro groups is 3. The number of anilines is 2. The molecule has 17 nitrogen and oxygen atoms in total. The van der Waals surface area contributed by atoms with Crippen LogP contribution in [0.4, 0.5) is 28.7 Å². The molecule has 26 heavy (non-hydrogen) atoms. The van der Waals surface area contributed by atoms with Gasteiger partial charge in [-0.25, -0.2) is 5.84 Å². The molecule has 0 saturated carbocycles. The van der Waals surface area contributed by atoms with Gasteiger partial charge in [0.15, 0.2) is 5.82 Å². The Morgan fingerprint density at radius 2 is 1.27 bits per heavy atom. The molecule has 0 spiro atoms. The molecular formula is C9H10N8O9. The fourth-order valence-corrected chi connectivity index (χ4v) is 1.60. The minimum Gasteiger partial charge on any atom is -0.497 e. The standard InChI is InChI=1S/C6H3N3O9.C3H7N5/c10-4-1(7(13)14)5(11)3(9(17)18)6(12)2(4)8(15)16;4-2-1-3(6-5)8-7-2/h10-12H;1H,5H2,(H4,4,6,7,8). The summed E-state index contributed by atoms with van der Waals surface area (Å²) in [5.74, 6) is 0.991. The second-order valence-corrected chi connectivity index (χ2v) is 4.22. The number of aromatic hydroxyl groups is 3. The van der Waals surface area contributed by atoms with Gasteiger partial charge in [0.05, 0.1) is 14.8 Å². The van der Waals surface area contributed by atoms with Crippen LogP contribution in [0.5, 0.6) is 17.2 Å². The number of nitrogens with zero attached hydrogens (tertiary/aromatic N) is 4. The highest BCUT2D eigenvalue weighted by Crippen LogP contribution is 2.54. The molecule has 0 bridgehead atoms. The SMILES string of the molecule is NNc1cc(N)[nH]n1.O=[N+]([O-])c1c(O)c([N+](=O)[O-])c(O)c([N+](=O)[O-])c1O. The minimum atomic E-state index is -1.68. The maximum Gasteiger partial charge on any atom is 0.366 e. The second-order valence-electron chi connectivity index (χ2n) is 4.22. The van der Waals surface area contributed by atoms with Crippen LogP contribution in [0.25, 0.3) is 0 Å². The number of nitro benzene ring substituents is 3. The van der Waals surface area contributed by atoms with Crippen LogP contribution in [0.1, 0.15) is 0 Å². The summed E-state index contributed by atoms with van der Waals surface area (Å²) in [6.07, 6.45) is 0. The first kappa shape index (κ1) is 19.6. The largest absolute Gasteiger partial charge is 0.497 e. The van der Waals surface area contributed by atoms with Crippen molar-refractivity contribution < 1.29 is 30.1 Å². The normalized spacial score (nSPS) is 9.73. The van der Waals surface area contributed by atoms with Crippen molar-refractivity contribution >= 4 is 28.7 Å². The highest BCUT2D eigenvalue weighted by Gasteiger charge is 2.43. The van der Waals surface area contributed by atoms with E-state index in [9.17, 15) is 45.7 Å². The van der Waals surface area contributed by atoms with Crippen molar-refractivity contribution in [2.45, 2.75) is 0 Å². The molecule has 0 aliphatic rings. The van der Waals surface area contributed by atoms with Gasteiger partial charge in [0.2, 0.25) is 0 Å². The Bertz CT molecular complexity index is 776. The Morgan fingerprint density at radius 3 is 1.42 bits per heavy atom. The molecule has 0 fully saturated rings. The fourth-order valence-electron chi connectivity index (χ4n) is 1.60. The second kappa shape index (κ2) is 7.44. The number of rotatable bonds is 4. The molecule has 140 valence electrons. The van der Waals surface area contributed by atoms with E-state index >= 15 is 0 Å². The first-order valence-electron chi connectivity index (χ1n) is 6.04. The third-order valence-electron chi connectivity index (χ3n) is 2.64. The molecule has 0 saturated heterocycles. The van der Waals surface area contributed by atoms with Crippen molar-refractivity contribution in [2.75, 3.05) is 11.2 Å². The summed E-state index contributed by atoms with van der Waals surface area (Å²) in [7, 11) is 0. The zero-order valence-electron chi connectivity index (χ0n) is 12.3. The molecule has 1 aromatic carbocycles. The number of hydrogen-bond acceptors (Lipinski definition) is 13. The van der Waals surface area contributed by atoms with Crippen LogP contribution < -0.4 is 17.0 Å². The van der Waals surface area contributed by atoms with E-state index in [1.165, 1.54) is 0 Å². The number of aromatic nitrogens is 2. The third kappa shape index (κ3) is 3.73. The Morgan fingerprint density at radius 1 is 0.923 bits per heavy atom. The van der Waals surface area contributed by atoms with Gasteiger partial charge >= 0.3 is 17.1 Å². The molecular weight excluding hydrogens is 364 g/mol. The van der Waals surface area contributed by atoms with Crippen molar-refractivity contribution in [1.29, 1.82) is 0 Å². The van der Waals surface area contributed by atoms with Crippen LogP contribution in [-0.2, 0) is 0 Å². The van der Waals surface area contributed by atoms with Crippen LogP contribution in [0.2, 0.25) is 0 Å². The number of aromatic amines is 1. The van der Waals surface area contributed by atoms with Gasteiger partial charge in [-0.2, -0.15) is 5.10 Å². The van der Waals surface area contributed by atoms with E-state index in [-0.39, 0.29) is 0 Å². The average Bonchev–Trinajstić information content (AvgIpc) is 2.92. The lowest BCUT2D eigenvalue weighted by molar-refractivity contribution is -0.407. The van der Waals surface area contributed by atoms with Gasteiger partial charge in [0, 0.05) is 6.07 Å². The summed E-state index contributed by atoms with van der Waals surface area (Å²) in [4.78, 5) is 27.0. The number of benzene rings is 1. The maximum absolute atomic E-state index is 10.5. The number of hydrogen-bond donors (Lipinski definition) is 7. The number of hydrazine groups is 1. The van der Waals surface area contributed by atoms with Gasteiger partial charge < -0.3 is 26.5 Å². The van der Waals surface area contributed by atoms with Crippen molar-refractivity contribution in [2.24, 2.45) is 5.84 Å². The number of H-pyrrole nitrogens is 1. The number of nitrogens with two attached hydrogens (primary N) is 2. The van der Waals surface area contributed by atoms with E-state index < -0.39 is 49.1 Å². The quantitative estimate of drug-likeness (QED) is 0.207. The monoisotopic (exact) mass is 374 g/mol. The lowest BCUT2D eigenvalue weighted by Gasteiger charge is -2.03. The number of nitrogens with one attached hydrogen (secondary N) is 2. The molecule has 17 heteroatoms. The highest BCUT2D eigenvalue weighted by molar-refractivity contribution is 5.80. The van der Waals surface area contributed by atoms with Gasteiger partial charge in [-0.3, -0.25) is 35.4 Å².